The predicted octanol–water partition coefficient (Wildman–Crippen LogP) is 2.27. The number of fused-ring (bicyclic) bond motifs is 1. The van der Waals surface area contributed by atoms with E-state index in [1.54, 1.807) is 6.07 Å². The van der Waals surface area contributed by atoms with E-state index in [0.717, 1.165) is 19.5 Å². The summed E-state index contributed by atoms with van der Waals surface area (Å²) >= 11 is 5.82. The van der Waals surface area contributed by atoms with Crippen LogP contribution in [0.15, 0.2) is 12.1 Å². The molecular formula is C12H11ClFN. The van der Waals surface area contributed by atoms with E-state index in [1.165, 1.54) is 17.5 Å². The summed E-state index contributed by atoms with van der Waals surface area (Å²) in [7, 11) is 0. The molecule has 2 unspecified atom stereocenters. The molecule has 1 saturated heterocycles. The Kier molecular flexibility index (Phi) is 1.27. The Morgan fingerprint density at radius 3 is 3.07 bits per heavy atom. The van der Waals surface area contributed by atoms with Crippen LogP contribution in [-0.4, -0.2) is 13.1 Å². The molecule has 2 atom stereocenters. The van der Waals surface area contributed by atoms with Crippen molar-refractivity contribution in [1.29, 1.82) is 0 Å². The average Bonchev–Trinajstić information content (AvgIpc) is 2.59. The number of hydrogen-bond acceptors (Lipinski definition) is 1. The fourth-order valence-corrected chi connectivity index (χ4v) is 4.03. The minimum Gasteiger partial charge on any atom is -0.315 e. The summed E-state index contributed by atoms with van der Waals surface area (Å²) in [5.74, 6) is -0.264. The van der Waals surface area contributed by atoms with Crippen LogP contribution in [0.3, 0.4) is 0 Å². The van der Waals surface area contributed by atoms with Gasteiger partial charge in [-0.15, -0.1) is 0 Å². The summed E-state index contributed by atoms with van der Waals surface area (Å²) in [6, 6.07) is 3.49. The maximum atomic E-state index is 13.5. The summed E-state index contributed by atoms with van der Waals surface area (Å²) in [5, 5.41) is 3.70. The van der Waals surface area contributed by atoms with Gasteiger partial charge < -0.3 is 5.32 Å². The molecule has 3 heteroatoms. The molecule has 1 aromatic rings. The van der Waals surface area contributed by atoms with Gasteiger partial charge in [0.2, 0.25) is 0 Å². The van der Waals surface area contributed by atoms with Crippen LogP contribution in [0, 0.1) is 11.2 Å². The highest BCUT2D eigenvalue weighted by atomic mass is 35.5. The quantitative estimate of drug-likeness (QED) is 0.712. The number of nitrogens with one attached hydrogen (secondary N) is 1. The van der Waals surface area contributed by atoms with Crippen LogP contribution >= 0.6 is 11.6 Å². The molecule has 2 aliphatic carbocycles. The minimum atomic E-state index is -0.264. The molecule has 4 rings (SSSR count). The highest BCUT2D eigenvalue weighted by Gasteiger charge is 2.73. The molecule has 0 radical (unpaired) electrons. The van der Waals surface area contributed by atoms with E-state index in [-0.39, 0.29) is 16.3 Å². The van der Waals surface area contributed by atoms with Gasteiger partial charge in [0.15, 0.2) is 0 Å². The van der Waals surface area contributed by atoms with Gasteiger partial charge in [0.25, 0.3) is 0 Å². The monoisotopic (exact) mass is 223 g/mol. The van der Waals surface area contributed by atoms with E-state index >= 15 is 0 Å². The van der Waals surface area contributed by atoms with Crippen LogP contribution in [0.5, 0.6) is 0 Å². The Labute approximate surface area is 92.6 Å². The van der Waals surface area contributed by atoms with E-state index in [2.05, 4.69) is 5.32 Å². The third kappa shape index (κ3) is 0.775. The van der Waals surface area contributed by atoms with Crippen molar-refractivity contribution >= 4 is 11.6 Å². The number of halogens is 2. The summed E-state index contributed by atoms with van der Waals surface area (Å²) in [4.78, 5) is 0. The predicted molar refractivity (Wildman–Crippen MR) is 56.7 cm³/mol. The topological polar surface area (TPSA) is 12.0 Å². The molecule has 1 N–H and O–H groups in total. The van der Waals surface area contributed by atoms with Crippen molar-refractivity contribution in [3.63, 3.8) is 0 Å². The molecule has 0 bridgehead atoms. The zero-order valence-corrected chi connectivity index (χ0v) is 8.99. The van der Waals surface area contributed by atoms with Crippen molar-refractivity contribution in [3.8, 4) is 0 Å². The molecular weight excluding hydrogens is 213 g/mol. The molecule has 1 heterocycles. The van der Waals surface area contributed by atoms with E-state index in [9.17, 15) is 4.39 Å². The van der Waals surface area contributed by atoms with Gasteiger partial charge in [-0.1, -0.05) is 11.6 Å². The van der Waals surface area contributed by atoms with E-state index in [4.69, 9.17) is 11.6 Å². The van der Waals surface area contributed by atoms with Crippen LogP contribution < -0.4 is 5.32 Å². The normalized spacial score (nSPS) is 39.9. The first kappa shape index (κ1) is 8.54. The van der Waals surface area contributed by atoms with E-state index in [0.29, 0.717) is 5.41 Å². The van der Waals surface area contributed by atoms with Gasteiger partial charge in [-0.05, 0) is 41.5 Å². The van der Waals surface area contributed by atoms with Gasteiger partial charge >= 0.3 is 0 Å². The highest BCUT2D eigenvalue weighted by Crippen LogP contribution is 2.73. The SMILES string of the molecule is Fc1cc2c(cc1Cl)CC13CNCC21C3. The van der Waals surface area contributed by atoms with Crippen molar-refractivity contribution in [2.75, 3.05) is 13.1 Å². The first-order chi connectivity index (χ1) is 7.17. The molecule has 1 nitrogen and oxygen atoms in total. The lowest BCUT2D eigenvalue weighted by atomic mass is 9.95. The highest BCUT2D eigenvalue weighted by molar-refractivity contribution is 6.30. The van der Waals surface area contributed by atoms with Crippen molar-refractivity contribution in [1.82, 2.24) is 5.32 Å². The number of benzene rings is 1. The fraction of sp³-hybridized carbons (Fsp3) is 0.500. The van der Waals surface area contributed by atoms with Crippen LogP contribution in [-0.2, 0) is 11.8 Å². The molecule has 2 fully saturated rings. The standard InChI is InChI=1S/C12H11ClFN/c13-9-1-7-3-11-4-12(11,6-15-5-11)8(7)2-10(9)14/h1-2,15H,3-6H2. The van der Waals surface area contributed by atoms with Crippen LogP contribution in [0.2, 0.25) is 5.02 Å². The lowest BCUT2D eigenvalue weighted by molar-refractivity contribution is 0.522. The van der Waals surface area contributed by atoms with Gasteiger partial charge in [-0.3, -0.25) is 0 Å². The maximum Gasteiger partial charge on any atom is 0.142 e. The molecule has 3 aliphatic rings. The third-order valence-electron chi connectivity index (χ3n) is 4.61. The number of rotatable bonds is 0. The Balaban J connectivity index is 1.96. The van der Waals surface area contributed by atoms with Crippen molar-refractivity contribution in [2.45, 2.75) is 18.3 Å². The van der Waals surface area contributed by atoms with Gasteiger partial charge in [-0.25, -0.2) is 4.39 Å². The zero-order chi connectivity index (χ0) is 10.3. The molecule has 78 valence electrons. The first-order valence-electron chi connectivity index (χ1n) is 5.36. The lowest BCUT2D eigenvalue weighted by Gasteiger charge is -2.14. The Morgan fingerprint density at radius 2 is 2.20 bits per heavy atom. The molecule has 1 aliphatic heterocycles. The number of piperidine rings is 1. The largest absolute Gasteiger partial charge is 0.315 e. The summed E-state index contributed by atoms with van der Waals surface area (Å²) in [5.41, 5.74) is 3.16. The smallest absolute Gasteiger partial charge is 0.142 e. The Hall–Kier alpha value is -0.600. The molecule has 15 heavy (non-hydrogen) atoms. The molecule has 0 spiro atoms. The van der Waals surface area contributed by atoms with Crippen molar-refractivity contribution in [3.05, 3.63) is 34.1 Å². The zero-order valence-electron chi connectivity index (χ0n) is 8.24. The van der Waals surface area contributed by atoms with Gasteiger partial charge in [0.05, 0.1) is 5.02 Å². The second kappa shape index (κ2) is 2.23. The Bertz CT molecular complexity index is 483. The molecule has 0 aromatic heterocycles. The Morgan fingerprint density at radius 1 is 1.33 bits per heavy atom. The van der Waals surface area contributed by atoms with Crippen LogP contribution in [0.1, 0.15) is 17.5 Å². The van der Waals surface area contributed by atoms with Gasteiger partial charge in [0.1, 0.15) is 5.82 Å². The third-order valence-corrected chi connectivity index (χ3v) is 4.90. The lowest BCUT2D eigenvalue weighted by Crippen LogP contribution is -2.21. The summed E-state index contributed by atoms with van der Waals surface area (Å²) in [6.07, 6.45) is 2.32. The van der Waals surface area contributed by atoms with E-state index in [1.807, 2.05) is 6.07 Å². The van der Waals surface area contributed by atoms with Crippen molar-refractivity contribution < 1.29 is 4.39 Å². The molecule has 1 aromatic carbocycles. The first-order valence-corrected chi connectivity index (χ1v) is 5.74. The second-order valence-corrected chi connectivity index (χ2v) is 5.65. The average molecular weight is 224 g/mol. The maximum absolute atomic E-state index is 13.5. The minimum absolute atomic E-state index is 0.258. The number of hydrogen-bond donors (Lipinski definition) is 1. The summed E-state index contributed by atoms with van der Waals surface area (Å²) < 4.78 is 13.5. The fourth-order valence-electron chi connectivity index (χ4n) is 3.84. The molecule has 0 amide bonds. The van der Waals surface area contributed by atoms with E-state index < -0.39 is 0 Å². The van der Waals surface area contributed by atoms with Gasteiger partial charge in [-0.2, -0.15) is 0 Å². The van der Waals surface area contributed by atoms with Crippen LogP contribution in [0.4, 0.5) is 4.39 Å². The van der Waals surface area contributed by atoms with Crippen molar-refractivity contribution in [2.24, 2.45) is 5.41 Å². The van der Waals surface area contributed by atoms with Gasteiger partial charge in [0, 0.05) is 18.5 Å². The van der Waals surface area contributed by atoms with Crippen LogP contribution in [0.25, 0.3) is 0 Å². The second-order valence-electron chi connectivity index (χ2n) is 5.24. The summed E-state index contributed by atoms with van der Waals surface area (Å²) in [6.45, 7) is 2.10. The molecule has 1 saturated carbocycles.